The van der Waals surface area contributed by atoms with Gasteiger partial charge in [-0.15, -0.1) is 0 Å². The lowest BCUT2D eigenvalue weighted by Crippen LogP contribution is -2.37. The number of amides is 2. The van der Waals surface area contributed by atoms with Crippen LogP contribution in [0.25, 0.3) is 33.2 Å². The van der Waals surface area contributed by atoms with Crippen LogP contribution in [0.5, 0.6) is 11.5 Å². The number of hydrogen-bond donors (Lipinski definition) is 4. The minimum Gasteiger partial charge on any atom is -0.506 e. The first kappa shape index (κ1) is 31.2. The zero-order chi connectivity index (χ0) is 33.9. The van der Waals surface area contributed by atoms with Crippen molar-refractivity contribution in [2.45, 2.75) is 13.8 Å². The van der Waals surface area contributed by atoms with Crippen LogP contribution in [0.2, 0.25) is 0 Å². The zero-order valence-corrected chi connectivity index (χ0v) is 25.7. The second kappa shape index (κ2) is 12.9. The minimum atomic E-state index is -1.24. The van der Waals surface area contributed by atoms with Gasteiger partial charge in [-0.25, -0.2) is 10.9 Å². The maximum atomic E-state index is 13.7. The maximum Gasteiger partial charge on any atom is 0.331 e. The Morgan fingerprint density at radius 1 is 0.542 bits per heavy atom. The van der Waals surface area contributed by atoms with Gasteiger partial charge in [0.1, 0.15) is 22.6 Å². The van der Waals surface area contributed by atoms with Crippen LogP contribution in [-0.4, -0.2) is 42.6 Å². The lowest BCUT2D eigenvalue weighted by Gasteiger charge is -2.15. The quantitative estimate of drug-likeness (QED) is 0.122. The smallest absolute Gasteiger partial charge is 0.331 e. The van der Waals surface area contributed by atoms with E-state index in [0.29, 0.717) is 33.2 Å². The van der Waals surface area contributed by atoms with Crippen molar-refractivity contribution in [3.8, 4) is 22.9 Å². The van der Waals surface area contributed by atoms with Gasteiger partial charge in [0.05, 0.1) is 22.5 Å². The minimum absolute atomic E-state index is 0.0590. The van der Waals surface area contributed by atoms with Crippen molar-refractivity contribution in [1.29, 1.82) is 0 Å². The Morgan fingerprint density at radius 3 is 1.25 bits per heavy atom. The molecule has 0 saturated carbocycles. The number of nitrogens with one attached hydrogen (secondary N) is 2. The number of hydrogen-bond acceptors (Lipinski definition) is 8. The second-order valence-electron chi connectivity index (χ2n) is 10.7. The molecule has 2 heterocycles. The van der Waals surface area contributed by atoms with E-state index in [1.807, 2.05) is 12.1 Å². The fourth-order valence-corrected chi connectivity index (χ4v) is 5.45. The number of benzene rings is 4. The van der Waals surface area contributed by atoms with Gasteiger partial charge in [0.15, 0.2) is 0 Å². The van der Waals surface area contributed by atoms with E-state index in [0.717, 1.165) is 0 Å². The molecule has 4 aromatic carbocycles. The van der Waals surface area contributed by atoms with E-state index in [9.17, 15) is 29.4 Å². The number of para-hydroxylation sites is 4. The molecule has 0 radical (unpaired) electrons. The SMILES string of the molecule is CC(=NNC(=O)C(=O)NN=C(C)c1c(O)c2ccccc2n(-c2ccccc2)c1=O)c1c(O)c2ccccc2n(-c2ccccc2)c1=O. The van der Waals surface area contributed by atoms with Crippen molar-refractivity contribution < 1.29 is 19.8 Å². The third-order valence-electron chi connectivity index (χ3n) is 7.72. The highest BCUT2D eigenvalue weighted by Gasteiger charge is 2.22. The topological polar surface area (TPSA) is 167 Å². The van der Waals surface area contributed by atoms with Crippen molar-refractivity contribution >= 4 is 45.0 Å². The van der Waals surface area contributed by atoms with Gasteiger partial charge >= 0.3 is 11.8 Å². The van der Waals surface area contributed by atoms with Crippen molar-refractivity contribution in [2.75, 3.05) is 0 Å². The summed E-state index contributed by atoms with van der Waals surface area (Å²) in [6, 6.07) is 31.3. The summed E-state index contributed by atoms with van der Waals surface area (Å²) in [5.41, 5.74) is 4.55. The molecule has 2 amide bonds. The number of aromatic nitrogens is 2. The molecular weight excluding hydrogens is 612 g/mol. The highest BCUT2D eigenvalue weighted by molar-refractivity contribution is 6.35. The van der Waals surface area contributed by atoms with Crippen LogP contribution in [0.15, 0.2) is 129 Å². The molecular formula is C36H28N6O6. The van der Waals surface area contributed by atoms with Crippen molar-refractivity contribution in [2.24, 2.45) is 10.2 Å². The van der Waals surface area contributed by atoms with Gasteiger partial charge in [-0.3, -0.25) is 28.3 Å². The number of pyridine rings is 2. The number of carbonyl (C=O) groups excluding carboxylic acids is 2. The molecule has 0 bridgehead atoms. The Kier molecular flexibility index (Phi) is 8.37. The summed E-state index contributed by atoms with van der Waals surface area (Å²) in [5.74, 6) is -3.14. The van der Waals surface area contributed by atoms with Gasteiger partial charge in [0.2, 0.25) is 0 Å². The van der Waals surface area contributed by atoms with Crippen LogP contribution in [0.4, 0.5) is 0 Å². The molecule has 0 spiro atoms. The Hall–Kier alpha value is -6.82. The molecule has 0 unspecified atom stereocenters. The molecule has 0 atom stereocenters. The van der Waals surface area contributed by atoms with Gasteiger partial charge < -0.3 is 10.2 Å². The van der Waals surface area contributed by atoms with E-state index < -0.39 is 22.9 Å². The van der Waals surface area contributed by atoms with E-state index in [-0.39, 0.29) is 34.0 Å². The summed E-state index contributed by atoms with van der Waals surface area (Å²) in [6.07, 6.45) is 0. The molecule has 0 fully saturated rings. The summed E-state index contributed by atoms with van der Waals surface area (Å²) < 4.78 is 2.84. The average Bonchev–Trinajstić information content (AvgIpc) is 3.10. The number of nitrogens with zero attached hydrogens (tertiary/aromatic N) is 4. The molecule has 0 aliphatic heterocycles. The molecule has 12 heteroatoms. The maximum absolute atomic E-state index is 13.7. The van der Waals surface area contributed by atoms with E-state index in [1.165, 1.54) is 23.0 Å². The van der Waals surface area contributed by atoms with Crippen molar-refractivity contribution in [3.63, 3.8) is 0 Å². The number of carbonyl (C=O) groups is 2. The molecule has 6 aromatic rings. The van der Waals surface area contributed by atoms with E-state index >= 15 is 0 Å². The summed E-state index contributed by atoms with van der Waals surface area (Å²) in [7, 11) is 0. The Labute approximate surface area is 272 Å². The molecule has 0 aliphatic rings. The summed E-state index contributed by atoms with van der Waals surface area (Å²) in [5, 5.41) is 30.7. The largest absolute Gasteiger partial charge is 0.506 e. The fraction of sp³-hybridized carbons (Fsp3) is 0.0556. The molecule has 0 saturated heterocycles. The first-order valence-corrected chi connectivity index (χ1v) is 14.7. The van der Waals surface area contributed by atoms with Crippen LogP contribution in [0.1, 0.15) is 25.0 Å². The van der Waals surface area contributed by atoms with Crippen LogP contribution < -0.4 is 22.0 Å². The van der Waals surface area contributed by atoms with Crippen molar-refractivity contribution in [3.05, 3.63) is 141 Å². The molecule has 48 heavy (non-hydrogen) atoms. The summed E-state index contributed by atoms with van der Waals surface area (Å²) >= 11 is 0. The van der Waals surface area contributed by atoms with Crippen molar-refractivity contribution in [1.82, 2.24) is 20.0 Å². The van der Waals surface area contributed by atoms with Gasteiger partial charge in [-0.1, -0.05) is 60.7 Å². The molecule has 6 rings (SSSR count). The summed E-state index contributed by atoms with van der Waals surface area (Å²) in [4.78, 5) is 52.7. The van der Waals surface area contributed by atoms with Gasteiger partial charge in [-0.2, -0.15) is 10.2 Å². The predicted molar refractivity (Wildman–Crippen MR) is 183 cm³/mol. The molecule has 4 N–H and O–H groups in total. The third kappa shape index (κ3) is 5.58. The Morgan fingerprint density at radius 2 is 0.875 bits per heavy atom. The van der Waals surface area contributed by atoms with Gasteiger partial charge in [0.25, 0.3) is 11.1 Å². The Bertz CT molecular complexity index is 2240. The zero-order valence-electron chi connectivity index (χ0n) is 25.7. The standard InChI is InChI=1S/C36H28N6O6/c1-21(29-31(43)25-17-9-11-19-27(25)41(35(29)47)23-13-5-3-6-14-23)37-39-33(45)34(46)40-38-22(2)30-32(44)26-18-10-12-20-28(26)42(36(30)48)24-15-7-4-8-16-24/h3-20,43-44H,1-2H3,(H,39,45)(H,40,46). The van der Waals surface area contributed by atoms with Crippen LogP contribution in [-0.2, 0) is 9.59 Å². The number of fused-ring (bicyclic) bond motifs is 2. The normalized spacial score (nSPS) is 11.9. The lowest BCUT2D eigenvalue weighted by atomic mass is 10.1. The fourth-order valence-electron chi connectivity index (χ4n) is 5.45. The number of rotatable bonds is 6. The Balaban J connectivity index is 1.28. The predicted octanol–water partition coefficient (Wildman–Crippen LogP) is 4.09. The van der Waals surface area contributed by atoms with E-state index in [1.54, 1.807) is 97.1 Å². The molecule has 2 aromatic heterocycles. The lowest BCUT2D eigenvalue weighted by molar-refractivity contribution is -0.139. The monoisotopic (exact) mass is 640 g/mol. The number of aromatic hydroxyl groups is 2. The van der Waals surface area contributed by atoms with Crippen LogP contribution in [0.3, 0.4) is 0 Å². The van der Waals surface area contributed by atoms with E-state index in [2.05, 4.69) is 21.1 Å². The highest BCUT2D eigenvalue weighted by atomic mass is 16.3. The van der Waals surface area contributed by atoms with Gasteiger partial charge in [-0.05, 0) is 62.4 Å². The molecule has 238 valence electrons. The second-order valence-corrected chi connectivity index (χ2v) is 10.7. The van der Waals surface area contributed by atoms with E-state index in [4.69, 9.17) is 0 Å². The first-order chi connectivity index (χ1) is 23.2. The number of hydrazone groups is 2. The third-order valence-corrected chi connectivity index (χ3v) is 7.72. The summed E-state index contributed by atoms with van der Waals surface area (Å²) in [6.45, 7) is 2.81. The van der Waals surface area contributed by atoms with Crippen LogP contribution >= 0.6 is 0 Å². The average molecular weight is 641 g/mol. The van der Waals surface area contributed by atoms with Crippen LogP contribution in [0, 0.1) is 0 Å². The highest BCUT2D eigenvalue weighted by Crippen LogP contribution is 2.29. The molecule has 0 aliphatic carbocycles. The molecule has 12 nitrogen and oxygen atoms in total. The van der Waals surface area contributed by atoms with Gasteiger partial charge in [0, 0.05) is 22.1 Å². The first-order valence-electron chi connectivity index (χ1n) is 14.7.